The van der Waals surface area contributed by atoms with Gasteiger partial charge in [-0.25, -0.2) is 14.4 Å². The quantitative estimate of drug-likeness (QED) is 0.728. The average molecular weight is 447 g/mol. The van der Waals surface area contributed by atoms with Gasteiger partial charge < -0.3 is 0 Å². The maximum absolute atomic E-state index is 13.2. The summed E-state index contributed by atoms with van der Waals surface area (Å²) in [6.07, 6.45) is 3.35. The summed E-state index contributed by atoms with van der Waals surface area (Å²) in [6, 6.07) is 4.22. The van der Waals surface area contributed by atoms with Crippen molar-refractivity contribution >= 4 is 39.6 Å². The van der Waals surface area contributed by atoms with Crippen molar-refractivity contribution < 1.29 is 18.8 Å². The van der Waals surface area contributed by atoms with Gasteiger partial charge in [0.25, 0.3) is 5.91 Å². The topological polar surface area (TPSA) is 92.3 Å². The molecule has 1 aliphatic carbocycles. The van der Waals surface area contributed by atoms with Crippen LogP contribution in [0, 0.1) is 5.82 Å². The molecule has 144 valence electrons. The van der Waals surface area contributed by atoms with Gasteiger partial charge in [0.05, 0.1) is 17.8 Å². The summed E-state index contributed by atoms with van der Waals surface area (Å²) in [5, 5.41) is 2.46. The minimum atomic E-state index is -1.01. The van der Waals surface area contributed by atoms with Crippen molar-refractivity contribution in [3.63, 3.8) is 0 Å². The first-order valence-electron chi connectivity index (χ1n) is 8.84. The first-order valence-corrected chi connectivity index (χ1v) is 9.63. The molecule has 1 fully saturated rings. The highest BCUT2D eigenvalue weighted by Crippen LogP contribution is 2.54. The molecule has 1 N–H and O–H groups in total. The first kappa shape index (κ1) is 18.7. The predicted molar refractivity (Wildman–Crippen MR) is 101 cm³/mol. The number of nitrogens with zero attached hydrogens (tertiary/aromatic N) is 3. The number of aromatic nitrogens is 2. The zero-order valence-corrected chi connectivity index (χ0v) is 16.5. The number of carbonyl (C=O) groups is 3. The van der Waals surface area contributed by atoms with Crippen LogP contribution < -0.4 is 5.32 Å². The maximum atomic E-state index is 13.2. The summed E-state index contributed by atoms with van der Waals surface area (Å²) < 4.78 is 13.8. The highest BCUT2D eigenvalue weighted by atomic mass is 79.9. The molecule has 1 aromatic heterocycles. The fourth-order valence-corrected chi connectivity index (χ4v) is 3.97. The largest absolute Gasteiger partial charge is 0.293 e. The number of hydrogen-bond acceptors (Lipinski definition) is 5. The summed E-state index contributed by atoms with van der Waals surface area (Å²) in [6.45, 7) is 1.72. The van der Waals surface area contributed by atoms with Crippen LogP contribution in [0.4, 0.5) is 10.3 Å². The average Bonchev–Trinajstić information content (AvgIpc) is 3.47. The van der Waals surface area contributed by atoms with E-state index >= 15 is 0 Å². The molecule has 9 heteroatoms. The number of nitrogens with one attached hydrogen (secondary N) is 1. The summed E-state index contributed by atoms with van der Waals surface area (Å²) in [5.41, 5.74) is 0.405. The van der Waals surface area contributed by atoms with Gasteiger partial charge in [0.15, 0.2) is 5.82 Å². The number of halogens is 2. The Balaban J connectivity index is 1.67. The lowest BCUT2D eigenvalue weighted by atomic mass is 9.84. The summed E-state index contributed by atoms with van der Waals surface area (Å²) in [5.74, 6) is -2.17. The summed E-state index contributed by atoms with van der Waals surface area (Å²) in [7, 11) is 0. The second-order valence-corrected chi connectivity index (χ2v) is 7.81. The van der Waals surface area contributed by atoms with Gasteiger partial charge in [-0.05, 0) is 43.0 Å². The number of hydrogen-bond donors (Lipinski definition) is 1. The van der Waals surface area contributed by atoms with E-state index in [9.17, 15) is 18.8 Å². The zero-order chi connectivity index (χ0) is 20.1. The van der Waals surface area contributed by atoms with Crippen LogP contribution in [0.1, 0.15) is 42.1 Å². The molecule has 2 aliphatic rings. The first-order chi connectivity index (χ1) is 13.4. The van der Waals surface area contributed by atoms with Crippen molar-refractivity contribution in [2.24, 2.45) is 0 Å². The van der Waals surface area contributed by atoms with Crippen LogP contribution in [0.25, 0.3) is 0 Å². The third-order valence-electron chi connectivity index (χ3n) is 5.18. The van der Waals surface area contributed by atoms with Gasteiger partial charge in [0, 0.05) is 10.0 Å². The lowest BCUT2D eigenvalue weighted by molar-refractivity contribution is -0.138. The van der Waals surface area contributed by atoms with Crippen molar-refractivity contribution in [1.29, 1.82) is 0 Å². The highest BCUT2D eigenvalue weighted by Gasteiger charge is 2.60. The molecule has 0 bridgehead atoms. The van der Waals surface area contributed by atoms with Crippen LogP contribution in [-0.4, -0.2) is 38.6 Å². The molecule has 7 nitrogen and oxygen atoms in total. The van der Waals surface area contributed by atoms with Crippen LogP contribution in [0.5, 0.6) is 0 Å². The van der Waals surface area contributed by atoms with Crippen molar-refractivity contribution in [2.45, 2.75) is 37.6 Å². The Hall–Kier alpha value is -2.68. The van der Waals surface area contributed by atoms with E-state index in [2.05, 4.69) is 31.2 Å². The molecule has 1 aromatic carbocycles. The van der Waals surface area contributed by atoms with E-state index in [1.807, 2.05) is 6.07 Å². The van der Waals surface area contributed by atoms with Crippen LogP contribution in [0.3, 0.4) is 0 Å². The molecule has 0 saturated heterocycles. The molecule has 28 heavy (non-hydrogen) atoms. The molecule has 1 saturated carbocycles. The molecule has 3 amide bonds. The number of imide groups is 1. The van der Waals surface area contributed by atoms with E-state index in [0.29, 0.717) is 24.0 Å². The van der Waals surface area contributed by atoms with E-state index in [-0.39, 0.29) is 18.3 Å². The van der Waals surface area contributed by atoms with Gasteiger partial charge in [-0.1, -0.05) is 22.9 Å². The third kappa shape index (κ3) is 2.90. The van der Waals surface area contributed by atoms with Gasteiger partial charge in [0.2, 0.25) is 17.8 Å². The number of carbonyl (C=O) groups excluding carboxylic acids is 3. The van der Waals surface area contributed by atoms with E-state index in [0.717, 1.165) is 21.8 Å². The number of rotatable bonds is 4. The Morgan fingerprint density at radius 3 is 2.61 bits per heavy atom. The number of anilines is 1. The fraction of sp³-hybridized carbons (Fsp3) is 0.316. The smallest absolute Gasteiger partial charge is 0.261 e. The lowest BCUT2D eigenvalue weighted by Crippen LogP contribution is -2.56. The minimum absolute atomic E-state index is 0.0905. The Bertz CT molecular complexity index is 991. The molecule has 2 heterocycles. The lowest BCUT2D eigenvalue weighted by Gasteiger charge is -2.36. The Labute approximate surface area is 168 Å². The van der Waals surface area contributed by atoms with Crippen molar-refractivity contribution in [2.75, 3.05) is 5.32 Å². The van der Waals surface area contributed by atoms with Crippen molar-refractivity contribution in [3.8, 4) is 0 Å². The normalized spacial score (nSPS) is 18.0. The minimum Gasteiger partial charge on any atom is -0.293 e. The van der Waals surface area contributed by atoms with Gasteiger partial charge in [-0.3, -0.25) is 24.6 Å². The van der Waals surface area contributed by atoms with Crippen LogP contribution >= 0.6 is 15.9 Å². The van der Waals surface area contributed by atoms with E-state index < -0.39 is 29.1 Å². The fourth-order valence-electron chi connectivity index (χ4n) is 3.61. The monoisotopic (exact) mass is 446 g/mol. The molecule has 0 radical (unpaired) electrons. The zero-order valence-electron chi connectivity index (χ0n) is 14.9. The molecule has 4 rings (SSSR count). The van der Waals surface area contributed by atoms with E-state index in [1.165, 1.54) is 0 Å². The molecule has 1 aliphatic heterocycles. The van der Waals surface area contributed by atoms with Gasteiger partial charge in [-0.15, -0.1) is 0 Å². The molecular formula is C19H16BrFN4O3. The van der Waals surface area contributed by atoms with E-state index in [1.54, 1.807) is 19.1 Å². The number of amides is 3. The van der Waals surface area contributed by atoms with Crippen LogP contribution in [0.15, 0.2) is 35.1 Å². The summed E-state index contributed by atoms with van der Waals surface area (Å²) >= 11 is 3.39. The third-order valence-corrected chi connectivity index (χ3v) is 5.67. The van der Waals surface area contributed by atoms with Gasteiger partial charge in [0.1, 0.15) is 6.04 Å². The Kier molecular flexibility index (Phi) is 4.49. The molecule has 2 aromatic rings. The molecule has 1 spiro atoms. The van der Waals surface area contributed by atoms with E-state index in [4.69, 9.17) is 0 Å². The molecule has 0 unspecified atom stereocenters. The number of fused-ring (bicyclic) bond motifs is 2. The molecule has 1 atom stereocenters. The van der Waals surface area contributed by atoms with Crippen LogP contribution in [-0.2, 0) is 15.0 Å². The maximum Gasteiger partial charge on any atom is 0.261 e. The Morgan fingerprint density at radius 2 is 2.00 bits per heavy atom. The second-order valence-electron chi connectivity index (χ2n) is 6.89. The summed E-state index contributed by atoms with van der Waals surface area (Å²) in [4.78, 5) is 47.5. The van der Waals surface area contributed by atoms with Gasteiger partial charge >= 0.3 is 0 Å². The highest BCUT2D eigenvalue weighted by molar-refractivity contribution is 9.10. The second kappa shape index (κ2) is 6.73. The van der Waals surface area contributed by atoms with Crippen molar-refractivity contribution in [3.05, 3.63) is 52.0 Å². The van der Waals surface area contributed by atoms with Crippen molar-refractivity contribution in [1.82, 2.24) is 14.9 Å². The van der Waals surface area contributed by atoms with Gasteiger partial charge in [-0.2, -0.15) is 0 Å². The predicted octanol–water partition coefficient (Wildman–Crippen LogP) is 2.81. The standard InChI is InChI=1S/C19H16BrFN4O3/c1-2-14(15(26)24-18-22-8-11(21)9-23-18)25-16(27)12-4-3-10(20)7-13(12)19(5-6-19)17(25)28/h3-4,7-9,14H,2,5-6H2,1H3,(H,22,23,24,26)/t14-/m1/s1. The molecular weight excluding hydrogens is 431 g/mol. The number of benzene rings is 1. The van der Waals surface area contributed by atoms with Crippen LogP contribution in [0.2, 0.25) is 0 Å². The SMILES string of the molecule is CC[C@H](C(=O)Nc1ncc(F)cn1)N1C(=O)c2ccc(Br)cc2C2(CC2)C1=O. The Morgan fingerprint density at radius 1 is 1.32 bits per heavy atom.